The monoisotopic (exact) mass is 207 g/mol. The maximum absolute atomic E-state index is 8.68. The zero-order valence-electron chi connectivity index (χ0n) is 10.2. The van der Waals surface area contributed by atoms with Crippen LogP contribution in [0.2, 0.25) is 0 Å². The molecule has 0 aliphatic heterocycles. The summed E-state index contributed by atoms with van der Waals surface area (Å²) in [6.07, 6.45) is 0. The smallest absolute Gasteiger partial charge is 0.114 e. The van der Waals surface area contributed by atoms with Gasteiger partial charge in [0.05, 0.1) is 34.4 Å². The second-order valence-electron chi connectivity index (χ2n) is 4.97. The molecule has 0 aromatic heterocycles. The van der Waals surface area contributed by atoms with E-state index in [4.69, 9.17) is 9.84 Å². The van der Waals surface area contributed by atoms with E-state index in [2.05, 4.69) is 41.9 Å². The first-order valence-electron chi connectivity index (χ1n) is 4.77. The molecule has 0 radical (unpaired) electrons. The number of aliphatic hydroxyl groups excluding tert-OH is 1. The molecule has 0 spiro atoms. The molecule has 88 valence electrons. The van der Waals surface area contributed by atoms with E-state index in [0.29, 0.717) is 12.6 Å². The minimum atomic E-state index is -0.193. The van der Waals surface area contributed by atoms with Crippen LogP contribution in [0, 0.1) is 0 Å². The second kappa shape index (κ2) is 5.66. The van der Waals surface area contributed by atoms with Gasteiger partial charge in [0.15, 0.2) is 0 Å². The molecule has 1 atom stereocenters. The third kappa shape index (κ3) is 4.91. The average molecular weight is 207 g/mol. The number of ether oxygens (including phenoxy) is 1. The van der Waals surface area contributed by atoms with E-state index in [0.717, 1.165) is 4.48 Å². The summed E-state index contributed by atoms with van der Waals surface area (Å²) in [4.78, 5) is 0. The Labute approximate surface area is 87.4 Å². The number of aliphatic hydroxyl groups is 1. The minimum Gasteiger partial charge on any atom is -0.870 e. The lowest BCUT2D eigenvalue weighted by Crippen LogP contribution is -2.55. The SMILES string of the molecule is CC(C(C)(C)OCCO)[N+](C)(C)C.[OH-]. The van der Waals surface area contributed by atoms with Crippen LogP contribution in [-0.4, -0.2) is 61.1 Å². The maximum Gasteiger partial charge on any atom is 0.114 e. The highest BCUT2D eigenvalue weighted by atomic mass is 16.5. The van der Waals surface area contributed by atoms with E-state index in [1.165, 1.54) is 0 Å². The summed E-state index contributed by atoms with van der Waals surface area (Å²) < 4.78 is 6.46. The standard InChI is InChI=1S/C10H24NO2.H2O/c1-9(11(4,5)6)10(2,3)13-8-7-12;/h9,12H,7-8H2,1-6H3;1H2/q+1;/p-1. The lowest BCUT2D eigenvalue weighted by atomic mass is 9.98. The van der Waals surface area contributed by atoms with E-state index >= 15 is 0 Å². The van der Waals surface area contributed by atoms with Crippen LogP contribution < -0.4 is 0 Å². The van der Waals surface area contributed by atoms with Crippen molar-refractivity contribution in [3.63, 3.8) is 0 Å². The molecule has 0 aliphatic rings. The zero-order chi connectivity index (χ0) is 10.7. The Morgan fingerprint density at radius 2 is 1.71 bits per heavy atom. The predicted molar refractivity (Wildman–Crippen MR) is 56.5 cm³/mol. The largest absolute Gasteiger partial charge is 0.870 e. The van der Waals surface area contributed by atoms with Gasteiger partial charge in [0.2, 0.25) is 0 Å². The minimum absolute atomic E-state index is 0. The topological polar surface area (TPSA) is 59.5 Å². The summed E-state index contributed by atoms with van der Waals surface area (Å²) in [5.41, 5.74) is -0.193. The average Bonchev–Trinajstić information content (AvgIpc) is 1.98. The van der Waals surface area contributed by atoms with Crippen LogP contribution in [0.5, 0.6) is 0 Å². The Morgan fingerprint density at radius 1 is 1.29 bits per heavy atom. The molecule has 4 heteroatoms. The van der Waals surface area contributed by atoms with Gasteiger partial charge in [-0.15, -0.1) is 0 Å². The Hall–Kier alpha value is -0.160. The molecule has 0 aliphatic carbocycles. The molecule has 0 saturated carbocycles. The first-order chi connectivity index (χ1) is 5.72. The fourth-order valence-corrected chi connectivity index (χ4v) is 1.36. The van der Waals surface area contributed by atoms with Crippen molar-refractivity contribution in [3.05, 3.63) is 0 Å². The van der Waals surface area contributed by atoms with E-state index in [1.54, 1.807) is 0 Å². The molecule has 0 amide bonds. The molecule has 4 nitrogen and oxygen atoms in total. The Morgan fingerprint density at radius 3 is 2.00 bits per heavy atom. The predicted octanol–water partition coefficient (Wildman–Crippen LogP) is 0.692. The summed E-state index contributed by atoms with van der Waals surface area (Å²) in [6.45, 7) is 6.80. The molecule has 0 rings (SSSR count). The number of quaternary nitrogens is 1. The van der Waals surface area contributed by atoms with Gasteiger partial charge >= 0.3 is 0 Å². The zero-order valence-corrected chi connectivity index (χ0v) is 10.2. The van der Waals surface area contributed by atoms with Crippen LogP contribution in [0.4, 0.5) is 0 Å². The Bertz CT molecular complexity index is 152. The van der Waals surface area contributed by atoms with Crippen molar-refractivity contribution < 1.29 is 19.8 Å². The Kier molecular flexibility index (Phi) is 6.58. The highest BCUT2D eigenvalue weighted by Crippen LogP contribution is 2.21. The fraction of sp³-hybridized carbons (Fsp3) is 1.00. The van der Waals surface area contributed by atoms with Crippen LogP contribution in [-0.2, 0) is 4.74 Å². The van der Waals surface area contributed by atoms with E-state index in [1.807, 2.05) is 0 Å². The van der Waals surface area contributed by atoms with Gasteiger partial charge in [-0.05, 0) is 20.8 Å². The third-order valence-corrected chi connectivity index (χ3v) is 2.73. The van der Waals surface area contributed by atoms with Crippen molar-refractivity contribution in [1.29, 1.82) is 0 Å². The molecule has 0 heterocycles. The molecule has 14 heavy (non-hydrogen) atoms. The molecule has 1 unspecified atom stereocenters. The third-order valence-electron chi connectivity index (χ3n) is 2.73. The molecular formula is C10H25NO3. The molecular weight excluding hydrogens is 182 g/mol. The molecule has 0 aromatic carbocycles. The number of rotatable bonds is 5. The molecule has 0 saturated heterocycles. The van der Waals surface area contributed by atoms with E-state index < -0.39 is 0 Å². The Balaban J connectivity index is 0. The van der Waals surface area contributed by atoms with Crippen molar-refractivity contribution in [3.8, 4) is 0 Å². The van der Waals surface area contributed by atoms with Gasteiger partial charge in [0.25, 0.3) is 0 Å². The van der Waals surface area contributed by atoms with Gasteiger partial charge in [-0.2, -0.15) is 0 Å². The lowest BCUT2D eigenvalue weighted by molar-refractivity contribution is -0.901. The second-order valence-corrected chi connectivity index (χ2v) is 4.97. The summed E-state index contributed by atoms with van der Waals surface area (Å²) in [6, 6.07) is 0.388. The van der Waals surface area contributed by atoms with Crippen LogP contribution in [0.25, 0.3) is 0 Å². The van der Waals surface area contributed by atoms with Gasteiger partial charge in [0.1, 0.15) is 11.6 Å². The highest BCUT2D eigenvalue weighted by Gasteiger charge is 2.36. The van der Waals surface area contributed by atoms with Gasteiger partial charge in [-0.25, -0.2) is 0 Å². The van der Waals surface area contributed by atoms with Crippen molar-refractivity contribution >= 4 is 0 Å². The van der Waals surface area contributed by atoms with Gasteiger partial charge in [0, 0.05) is 0 Å². The number of likely N-dealkylation sites (N-methyl/N-ethyl adjacent to an activating group) is 1. The molecule has 2 N–H and O–H groups in total. The maximum atomic E-state index is 8.68. The van der Waals surface area contributed by atoms with Gasteiger partial charge < -0.3 is 19.8 Å². The summed E-state index contributed by atoms with van der Waals surface area (Å²) >= 11 is 0. The van der Waals surface area contributed by atoms with E-state index in [-0.39, 0.29) is 17.7 Å². The fourth-order valence-electron chi connectivity index (χ4n) is 1.36. The van der Waals surface area contributed by atoms with Crippen molar-refractivity contribution in [2.45, 2.75) is 32.4 Å². The summed E-state index contributed by atoms with van der Waals surface area (Å²) in [7, 11) is 6.44. The van der Waals surface area contributed by atoms with Crippen LogP contribution in [0.3, 0.4) is 0 Å². The first-order valence-corrected chi connectivity index (χ1v) is 4.77. The van der Waals surface area contributed by atoms with Gasteiger partial charge in [-0.1, -0.05) is 0 Å². The van der Waals surface area contributed by atoms with Crippen molar-refractivity contribution in [2.24, 2.45) is 0 Å². The highest BCUT2D eigenvalue weighted by molar-refractivity contribution is 4.76. The summed E-state index contributed by atoms with van der Waals surface area (Å²) in [5.74, 6) is 0. The van der Waals surface area contributed by atoms with Crippen molar-refractivity contribution in [1.82, 2.24) is 0 Å². The molecule has 0 aromatic rings. The molecule has 0 fully saturated rings. The van der Waals surface area contributed by atoms with Crippen molar-refractivity contribution in [2.75, 3.05) is 34.4 Å². The van der Waals surface area contributed by atoms with Crippen LogP contribution in [0.15, 0.2) is 0 Å². The number of hydrogen-bond donors (Lipinski definition) is 1. The lowest BCUT2D eigenvalue weighted by Gasteiger charge is -2.41. The summed E-state index contributed by atoms with van der Waals surface area (Å²) in [5, 5.41) is 8.68. The van der Waals surface area contributed by atoms with Gasteiger partial charge in [-0.3, -0.25) is 0 Å². The molecule has 0 bridgehead atoms. The van der Waals surface area contributed by atoms with Crippen LogP contribution >= 0.6 is 0 Å². The van der Waals surface area contributed by atoms with E-state index in [9.17, 15) is 0 Å². The number of nitrogens with zero attached hydrogens (tertiary/aromatic N) is 1. The first kappa shape index (κ1) is 16.3. The quantitative estimate of drug-likeness (QED) is 0.675. The normalized spacial score (nSPS) is 14.8. The number of hydrogen-bond acceptors (Lipinski definition) is 3. The van der Waals surface area contributed by atoms with Crippen LogP contribution in [0.1, 0.15) is 20.8 Å².